The minimum absolute atomic E-state index is 0.0833. The summed E-state index contributed by atoms with van der Waals surface area (Å²) in [6.45, 7) is 36.8. The highest BCUT2D eigenvalue weighted by molar-refractivity contribution is 6.28. The molecule has 11 heterocycles. The maximum atomic E-state index is 12.4. The molecule has 3 aromatic carbocycles. The number of hydrogen-bond donors (Lipinski definition) is 10. The lowest BCUT2D eigenvalue weighted by atomic mass is 9.84. The molecule has 0 saturated carbocycles. The number of anilines is 1. The molecule has 5 saturated heterocycles. The Balaban J connectivity index is 0.000000211. The number of methoxy groups -OCH3 is 7. The first-order chi connectivity index (χ1) is 68.7. The Bertz CT molecular complexity index is 5670. The number of fused-ring (bicyclic) bond motifs is 3. The van der Waals surface area contributed by atoms with Crippen LogP contribution in [0.4, 0.5) is 5.82 Å². The van der Waals surface area contributed by atoms with Crippen LogP contribution in [0.5, 0.6) is 17.5 Å². The van der Waals surface area contributed by atoms with Gasteiger partial charge >= 0.3 is 28.8 Å². The van der Waals surface area contributed by atoms with Crippen LogP contribution in [0.1, 0.15) is 213 Å². The molecular weight excluding hydrogens is 1930 g/mol. The number of aromatic amines is 3. The van der Waals surface area contributed by atoms with Crippen molar-refractivity contribution in [2.24, 2.45) is 0 Å². The van der Waals surface area contributed by atoms with Crippen LogP contribution in [-0.4, -0.2) is 287 Å². The van der Waals surface area contributed by atoms with Crippen LogP contribution in [0.15, 0.2) is 154 Å². The monoisotopic (exact) mass is 2080 g/mol. The molecule has 0 bridgehead atoms. The maximum absolute atomic E-state index is 12.4. The van der Waals surface area contributed by atoms with E-state index in [1.165, 1.54) is 58.6 Å². The highest BCUT2D eigenvalue weighted by Gasteiger charge is 2.53. The lowest BCUT2D eigenvalue weighted by Crippen LogP contribution is -2.42. The number of halogens is 1. The third-order valence-electron chi connectivity index (χ3n) is 25.9. The van der Waals surface area contributed by atoms with E-state index in [1.807, 2.05) is 162 Å². The molecule has 10 N–H and O–H groups in total. The van der Waals surface area contributed by atoms with Crippen molar-refractivity contribution in [1.82, 2.24) is 47.8 Å². The Kier molecular flexibility index (Phi) is 44.2. The number of aromatic nitrogens is 10. The molecule has 6 aliphatic rings. The van der Waals surface area contributed by atoms with Gasteiger partial charge in [0.2, 0.25) is 5.91 Å². The summed E-state index contributed by atoms with van der Waals surface area (Å²) >= 11 is 7.22. The largest absolute Gasteiger partial charge is 0.497 e. The first-order valence-corrected chi connectivity index (χ1v) is 48.7. The highest BCUT2D eigenvalue weighted by atomic mass is 35.5. The molecule has 0 radical (unpaired) electrons. The van der Waals surface area contributed by atoms with Crippen LogP contribution in [0, 0.1) is 27.7 Å². The molecule has 44 heteroatoms. The molecule has 8 aromatic rings. The molecule has 5 unspecified atom stereocenters. The fraction of sp³-hybridized carbons (Fsp3) is 0.618. The summed E-state index contributed by atoms with van der Waals surface area (Å²) in [7, 11) is 11.3. The minimum Gasteiger partial charge on any atom is -0.497 e. The molecule has 1 amide bonds. The summed E-state index contributed by atoms with van der Waals surface area (Å²) in [5, 5.41) is 63.6. The number of nitrogens with one attached hydrogen (secondary N) is 4. The number of nitrogens with zero attached hydrogens (tertiary/aromatic N) is 7. The Morgan fingerprint density at radius 2 is 0.726 bits per heavy atom. The second-order valence-electron chi connectivity index (χ2n) is 39.0. The zero-order valence-electron chi connectivity index (χ0n) is 88.4. The average Bonchev–Trinajstić information content (AvgIpc) is 1.65. The Hall–Kier alpha value is -10.2. The van der Waals surface area contributed by atoms with Crippen molar-refractivity contribution in [2.75, 3.05) is 88.1 Å². The van der Waals surface area contributed by atoms with E-state index >= 15 is 0 Å². The third-order valence-corrected chi connectivity index (χ3v) is 26.5. The van der Waals surface area contributed by atoms with Crippen LogP contribution < -0.4 is 64.5 Å². The molecule has 14 rings (SSSR count). The van der Waals surface area contributed by atoms with Gasteiger partial charge in [-0.15, -0.1) is 11.6 Å². The van der Waals surface area contributed by atoms with Crippen molar-refractivity contribution >= 4 is 23.3 Å². The van der Waals surface area contributed by atoms with Crippen LogP contribution in [0.25, 0.3) is 0 Å². The zero-order valence-corrected chi connectivity index (χ0v) is 89.1. The van der Waals surface area contributed by atoms with E-state index in [2.05, 4.69) is 51.0 Å². The van der Waals surface area contributed by atoms with Crippen LogP contribution in [0.3, 0.4) is 0 Å². The number of ether oxygens (including phenoxy) is 17. The Morgan fingerprint density at radius 3 is 1.03 bits per heavy atom. The lowest BCUT2D eigenvalue weighted by Gasteiger charge is -2.29. The quantitative estimate of drug-likeness (QED) is 0.0143. The van der Waals surface area contributed by atoms with E-state index in [1.54, 1.807) is 81.1 Å². The molecule has 6 aliphatic heterocycles. The molecule has 20 atom stereocenters. The summed E-state index contributed by atoms with van der Waals surface area (Å²) in [6.07, 6.45) is -3.55. The number of carbonyl (C=O) groups excluding carboxylic acids is 1. The molecule has 0 aliphatic carbocycles. The van der Waals surface area contributed by atoms with E-state index in [0.717, 1.165) is 45.6 Å². The smallest absolute Gasteiger partial charge is 0.351 e. The zero-order chi connectivity index (χ0) is 109. The molecular formula is C102H150ClN11O32. The number of H-pyrrole nitrogens is 3. The fourth-order valence-electron chi connectivity index (χ4n) is 15.6. The van der Waals surface area contributed by atoms with Gasteiger partial charge in [0.1, 0.15) is 83.2 Å². The van der Waals surface area contributed by atoms with Gasteiger partial charge in [-0.2, -0.15) is 9.97 Å². The number of alkyl halides is 1. The molecule has 0 spiro atoms. The van der Waals surface area contributed by atoms with E-state index in [9.17, 15) is 73.8 Å². The van der Waals surface area contributed by atoms with Gasteiger partial charge in [0, 0.05) is 95.7 Å². The Labute approximate surface area is 852 Å². The van der Waals surface area contributed by atoms with Gasteiger partial charge in [0.25, 0.3) is 22.2 Å². The number of rotatable bonds is 33. The third kappa shape index (κ3) is 30.8. The summed E-state index contributed by atoms with van der Waals surface area (Å²) in [6, 6.07) is 27.5. The summed E-state index contributed by atoms with van der Waals surface area (Å²) in [4.78, 5) is 119. The second kappa shape index (κ2) is 53.3. The van der Waals surface area contributed by atoms with Crippen molar-refractivity contribution < 1.29 is 116 Å². The molecule has 146 heavy (non-hydrogen) atoms. The number of benzene rings is 3. The fourth-order valence-corrected chi connectivity index (χ4v) is 15.9. The maximum Gasteiger partial charge on any atom is 0.351 e. The van der Waals surface area contributed by atoms with Gasteiger partial charge in [-0.1, -0.05) is 89.2 Å². The summed E-state index contributed by atoms with van der Waals surface area (Å²) in [5.41, 5.74) is -1.72. The number of amides is 1. The number of aryl methyl sites for hydroxylation is 4. The van der Waals surface area contributed by atoms with Gasteiger partial charge in [-0.3, -0.25) is 61.8 Å². The summed E-state index contributed by atoms with van der Waals surface area (Å²) in [5.74, 6) is 1.44. The van der Waals surface area contributed by atoms with E-state index in [4.69, 9.17) is 92.1 Å². The summed E-state index contributed by atoms with van der Waals surface area (Å²) < 4.78 is 101. The van der Waals surface area contributed by atoms with Crippen molar-refractivity contribution in [3.05, 3.63) is 238 Å². The van der Waals surface area contributed by atoms with Gasteiger partial charge < -0.3 is 116 Å². The Morgan fingerprint density at radius 1 is 0.411 bits per heavy atom. The standard InChI is InChI=1S/C21H19ClO2.C17H27N3O6.2C16H26N2O6.C15H24N2O7.C11H14N2O4.C6H14O/c1-23-19-12-8-17(9-13-19)21(22,16-6-4-3-5-7-16)18-10-14-20(24-2)15-11-18;1-6-11-13(22)14(25-9-17(3,4)24-5)15(26-11)20-8-7-12(18-10(2)21)19-16(20)23;2*1-6-10-11(19)12(23-8-16(3,4)22-5)14(24-10)18-7-9(2)13(20)17-15(18)21;1-8-5-17(14(21)16-12(8)20)13-11(10(19)9(6-18)24-13)23-7-15(2,3)22-4;1-3-6-7(14)8-10(16-6)13-4-5(2)9(15)12-11(13)17-8;1-5-6(2,3)7-4/h3-15H,1-2H3;7-8,11,13-15,22H,6,9H2,1-5H3,(H,18,19,21,23);2*7,10-12,14,19H,6,8H2,1-5H3,(H,17,20,21);5,9-11,13,18-19H,6-7H2,1-4H3,(H,16,20,21);4,6-8,10,14H,3H2,1-2H3;5H2,1-4H3/t;11-,13?,14+,15-;2*10-,11?,12+,14-;9-,10?,11+,13-;6-,7?,8-,10-;/m.11111./s1. The molecule has 43 nitrogen and oxygen atoms in total. The molecule has 5 fully saturated rings. The van der Waals surface area contributed by atoms with Crippen molar-refractivity contribution in [2.45, 2.75) is 326 Å². The van der Waals surface area contributed by atoms with Crippen molar-refractivity contribution in [1.29, 1.82) is 0 Å². The van der Waals surface area contributed by atoms with Crippen LogP contribution in [-0.2, 0) is 76.0 Å². The topological polar surface area (TPSA) is 542 Å². The van der Waals surface area contributed by atoms with Crippen LogP contribution in [0.2, 0.25) is 0 Å². The number of aliphatic hydroxyl groups excluding tert-OH is 6. The van der Waals surface area contributed by atoms with Crippen molar-refractivity contribution in [3.8, 4) is 17.5 Å². The van der Waals surface area contributed by atoms with Gasteiger partial charge in [0.15, 0.2) is 37.2 Å². The highest BCUT2D eigenvalue weighted by Crippen LogP contribution is 2.46. The number of aliphatic hydroxyl groups is 6. The normalized spacial score (nSPS) is 24.6. The van der Waals surface area contributed by atoms with Gasteiger partial charge in [-0.05, 0) is 176 Å². The van der Waals surface area contributed by atoms with Gasteiger partial charge in [-0.25, -0.2) is 19.2 Å². The predicted molar refractivity (Wildman–Crippen MR) is 539 cm³/mol. The van der Waals surface area contributed by atoms with E-state index in [-0.39, 0.29) is 67.7 Å². The minimum atomic E-state index is -1.13. The van der Waals surface area contributed by atoms with E-state index < -0.39 is 184 Å². The van der Waals surface area contributed by atoms with Gasteiger partial charge in [0.05, 0.1) is 99.7 Å². The van der Waals surface area contributed by atoms with Crippen molar-refractivity contribution in [3.63, 3.8) is 0 Å². The lowest BCUT2D eigenvalue weighted by molar-refractivity contribution is -0.120. The number of carbonyl (C=O) groups is 1. The first kappa shape index (κ1) is 121. The van der Waals surface area contributed by atoms with Crippen LogP contribution >= 0.6 is 11.6 Å². The molecule has 5 aromatic heterocycles. The number of hydrogen-bond acceptors (Lipinski definition) is 34. The van der Waals surface area contributed by atoms with E-state index in [0.29, 0.717) is 41.5 Å². The first-order valence-electron chi connectivity index (χ1n) is 48.3. The second-order valence-corrected chi connectivity index (χ2v) is 39.5. The molecule has 812 valence electrons. The SMILES string of the molecule is CCC(C)(C)OC.CC[C@H]1O[C@@H](n2cc(C)c(=O)[nH]c2=O)[C@@H](OCC(C)(C)OC)C1O.CC[C@H]1O[C@@H](n2cc(C)c(=O)[nH]c2=O)[C@@H](OCC(C)(C)OC)C1O.CC[C@H]1O[C@@H](n2ccc(NC(C)=O)nc2=O)[C@@H](OCC(C)(C)OC)C1O.CC[C@H]1O[C@@H]2[C@H](Oc3nc(=O)c(C)cn32)C1O.COC(C)(C)CO[C@H]1C(O)[C@@H](CO)O[C@H]1n1cc(C)c(=O)[nH]c1=O.COc1ccc(C(Cl)(c2ccccc2)c2ccc(OC)cc2)cc1. The predicted octanol–water partition coefficient (Wildman–Crippen LogP) is 7.27. The average molecular weight is 2080 g/mol.